The fourth-order valence-electron chi connectivity index (χ4n) is 3.21. The average Bonchev–Trinajstić information content (AvgIpc) is 3.37. The molecule has 2 aromatic rings. The van der Waals surface area contributed by atoms with E-state index in [9.17, 15) is 4.79 Å². The van der Waals surface area contributed by atoms with Crippen LogP contribution >= 0.6 is 0 Å². The molecule has 1 saturated carbocycles. The third kappa shape index (κ3) is 4.10. The molecule has 1 aromatic carbocycles. The van der Waals surface area contributed by atoms with E-state index in [-0.39, 0.29) is 11.8 Å². The lowest BCUT2D eigenvalue weighted by Gasteiger charge is -2.07. The summed E-state index contributed by atoms with van der Waals surface area (Å²) >= 11 is 0. The standard InChI is InChI=1S/C22H20N2O3/c25-22(26)20-14-19(20)16-6-4-15(5-7-16)11-13-27-18-3-1-2-17(8-9-18)21-10-12-23-24-21/h2-10,12,19-20H,11,13-14H2,(H,23,24)(H,25,26). The zero-order valence-corrected chi connectivity index (χ0v) is 14.8. The highest BCUT2D eigenvalue weighted by Crippen LogP contribution is 2.47. The number of aromatic nitrogens is 2. The second-order valence-electron chi connectivity index (χ2n) is 6.74. The number of benzene rings is 1. The van der Waals surface area contributed by atoms with Crippen molar-refractivity contribution in [2.75, 3.05) is 6.61 Å². The number of nitrogens with zero attached hydrogens (tertiary/aromatic N) is 1. The maximum Gasteiger partial charge on any atom is 0.307 e. The summed E-state index contributed by atoms with van der Waals surface area (Å²) < 4.78 is 5.85. The van der Waals surface area contributed by atoms with E-state index < -0.39 is 5.97 Å². The van der Waals surface area contributed by atoms with E-state index >= 15 is 0 Å². The van der Waals surface area contributed by atoms with Gasteiger partial charge in [-0.15, -0.1) is 5.73 Å². The highest BCUT2D eigenvalue weighted by Gasteiger charge is 2.43. The Morgan fingerprint density at radius 3 is 2.78 bits per heavy atom. The fourth-order valence-corrected chi connectivity index (χ4v) is 3.21. The van der Waals surface area contributed by atoms with E-state index in [1.807, 2.05) is 42.5 Å². The van der Waals surface area contributed by atoms with Crippen LogP contribution in [0.4, 0.5) is 0 Å². The lowest BCUT2D eigenvalue weighted by molar-refractivity contribution is -0.138. The molecule has 0 radical (unpaired) electrons. The van der Waals surface area contributed by atoms with Gasteiger partial charge in [0.2, 0.25) is 0 Å². The van der Waals surface area contributed by atoms with Gasteiger partial charge in [0.25, 0.3) is 0 Å². The van der Waals surface area contributed by atoms with Crippen molar-refractivity contribution in [2.24, 2.45) is 5.92 Å². The largest absolute Gasteiger partial charge is 0.493 e. The van der Waals surface area contributed by atoms with E-state index in [1.54, 1.807) is 6.20 Å². The lowest BCUT2D eigenvalue weighted by Crippen LogP contribution is -2.00. The first-order valence-corrected chi connectivity index (χ1v) is 8.99. The Morgan fingerprint density at radius 1 is 1.22 bits per heavy atom. The molecule has 1 aromatic heterocycles. The van der Waals surface area contributed by atoms with E-state index in [1.165, 1.54) is 5.56 Å². The van der Waals surface area contributed by atoms with Crippen LogP contribution in [0.1, 0.15) is 29.2 Å². The zero-order valence-electron chi connectivity index (χ0n) is 14.8. The molecule has 2 unspecified atom stereocenters. The van der Waals surface area contributed by atoms with Gasteiger partial charge in [0.15, 0.2) is 0 Å². The van der Waals surface area contributed by atoms with Crippen LogP contribution in [0, 0.1) is 5.92 Å². The molecule has 2 aliphatic carbocycles. The van der Waals surface area contributed by atoms with Gasteiger partial charge in [-0.05, 0) is 47.8 Å². The number of allylic oxidation sites excluding steroid dienone is 4. The Hall–Kier alpha value is -3.30. The van der Waals surface area contributed by atoms with Crippen molar-refractivity contribution in [2.45, 2.75) is 18.8 Å². The summed E-state index contributed by atoms with van der Waals surface area (Å²) in [6.45, 7) is 0.567. The predicted molar refractivity (Wildman–Crippen MR) is 102 cm³/mol. The lowest BCUT2D eigenvalue weighted by atomic mass is 10.1. The summed E-state index contributed by atoms with van der Waals surface area (Å²) in [4.78, 5) is 11.0. The first kappa shape index (κ1) is 17.1. The van der Waals surface area contributed by atoms with Crippen molar-refractivity contribution in [3.05, 3.63) is 89.1 Å². The summed E-state index contributed by atoms with van der Waals surface area (Å²) in [5.74, 6) is 0.0401. The summed E-state index contributed by atoms with van der Waals surface area (Å²) in [6, 6.07) is 10.1. The van der Waals surface area contributed by atoms with E-state index in [2.05, 4.69) is 28.1 Å². The number of ether oxygens (including phenoxy) is 1. The number of carboxylic acids is 1. The molecule has 0 spiro atoms. The Bertz CT molecular complexity index is 946. The molecular formula is C22H20N2O3. The summed E-state index contributed by atoms with van der Waals surface area (Å²) in [5, 5.41) is 15.9. The van der Waals surface area contributed by atoms with Gasteiger partial charge in [-0.25, -0.2) is 0 Å². The van der Waals surface area contributed by atoms with Crippen molar-refractivity contribution < 1.29 is 14.6 Å². The highest BCUT2D eigenvalue weighted by atomic mass is 16.5. The number of H-pyrrole nitrogens is 1. The van der Waals surface area contributed by atoms with Gasteiger partial charge in [-0.1, -0.05) is 24.3 Å². The second kappa shape index (κ2) is 7.52. The Balaban J connectivity index is 1.30. The average molecular weight is 360 g/mol. The molecule has 1 fully saturated rings. The topological polar surface area (TPSA) is 75.2 Å². The first-order valence-electron chi connectivity index (χ1n) is 8.99. The number of rotatable bonds is 7. The van der Waals surface area contributed by atoms with Crippen LogP contribution in [0.25, 0.3) is 5.57 Å². The molecule has 5 heteroatoms. The molecule has 27 heavy (non-hydrogen) atoms. The molecule has 0 aliphatic heterocycles. The minimum atomic E-state index is -0.694. The molecule has 0 amide bonds. The van der Waals surface area contributed by atoms with Crippen LogP contribution in [0.15, 0.2) is 72.3 Å². The molecule has 2 N–H and O–H groups in total. The van der Waals surface area contributed by atoms with Crippen LogP contribution in [-0.4, -0.2) is 27.9 Å². The number of aliphatic carboxylic acids is 1. The SMILES string of the molecule is O=C(O)C1CC1c1ccc(CCOC2=CC=C(c3ccn[nH]3)C=C=C2)cc1. The summed E-state index contributed by atoms with van der Waals surface area (Å²) in [7, 11) is 0. The van der Waals surface area contributed by atoms with Gasteiger partial charge in [-0.3, -0.25) is 9.89 Å². The van der Waals surface area contributed by atoms with Gasteiger partial charge in [0, 0.05) is 24.3 Å². The van der Waals surface area contributed by atoms with E-state index in [4.69, 9.17) is 9.84 Å². The van der Waals surface area contributed by atoms with Gasteiger partial charge in [-0.2, -0.15) is 5.10 Å². The van der Waals surface area contributed by atoms with Crippen LogP contribution < -0.4 is 0 Å². The van der Waals surface area contributed by atoms with E-state index in [0.29, 0.717) is 6.61 Å². The third-order valence-corrected chi connectivity index (χ3v) is 4.88. The molecule has 0 saturated heterocycles. The molecule has 5 nitrogen and oxygen atoms in total. The fraction of sp³-hybridized carbons (Fsp3) is 0.227. The van der Waals surface area contributed by atoms with Gasteiger partial charge in [0.1, 0.15) is 5.76 Å². The minimum absolute atomic E-state index is 0.178. The Labute approximate surface area is 157 Å². The smallest absolute Gasteiger partial charge is 0.307 e. The highest BCUT2D eigenvalue weighted by molar-refractivity contribution is 5.75. The number of hydrogen-bond donors (Lipinski definition) is 2. The minimum Gasteiger partial charge on any atom is -0.493 e. The van der Waals surface area contributed by atoms with E-state index in [0.717, 1.165) is 35.4 Å². The van der Waals surface area contributed by atoms with Crippen molar-refractivity contribution in [1.82, 2.24) is 10.2 Å². The maximum absolute atomic E-state index is 11.0. The molecular weight excluding hydrogens is 340 g/mol. The molecule has 2 atom stereocenters. The number of carbonyl (C=O) groups is 1. The maximum atomic E-state index is 11.0. The van der Waals surface area contributed by atoms with Crippen molar-refractivity contribution in [3.63, 3.8) is 0 Å². The number of aromatic amines is 1. The number of hydrogen-bond acceptors (Lipinski definition) is 3. The monoisotopic (exact) mass is 360 g/mol. The molecule has 4 rings (SSSR count). The van der Waals surface area contributed by atoms with Crippen LogP contribution in [-0.2, 0) is 16.0 Å². The normalized spacial score (nSPS) is 20.6. The number of carboxylic acid groups (broad SMARTS) is 1. The quantitative estimate of drug-likeness (QED) is 0.736. The predicted octanol–water partition coefficient (Wildman–Crippen LogP) is 3.85. The molecule has 2 aliphatic rings. The van der Waals surface area contributed by atoms with Crippen LogP contribution in [0.2, 0.25) is 0 Å². The Morgan fingerprint density at radius 2 is 2.07 bits per heavy atom. The second-order valence-corrected chi connectivity index (χ2v) is 6.74. The van der Waals surface area contributed by atoms with Crippen molar-refractivity contribution >= 4 is 11.5 Å². The summed E-state index contributed by atoms with van der Waals surface area (Å²) in [5.41, 5.74) is 7.34. The molecule has 136 valence electrons. The van der Waals surface area contributed by atoms with Gasteiger partial charge < -0.3 is 9.84 Å². The van der Waals surface area contributed by atoms with Gasteiger partial charge >= 0.3 is 5.97 Å². The van der Waals surface area contributed by atoms with Crippen molar-refractivity contribution in [1.29, 1.82) is 0 Å². The summed E-state index contributed by atoms with van der Waals surface area (Å²) in [6.07, 6.45) is 10.9. The first-order chi connectivity index (χ1) is 13.2. The van der Waals surface area contributed by atoms with Crippen molar-refractivity contribution in [3.8, 4) is 0 Å². The Kier molecular flexibility index (Phi) is 4.77. The molecule has 0 bridgehead atoms. The molecule has 1 heterocycles. The third-order valence-electron chi connectivity index (χ3n) is 4.88. The van der Waals surface area contributed by atoms with Crippen LogP contribution in [0.5, 0.6) is 0 Å². The number of nitrogens with one attached hydrogen (secondary N) is 1. The zero-order chi connectivity index (χ0) is 18.6. The van der Waals surface area contributed by atoms with Gasteiger partial charge in [0.05, 0.1) is 18.2 Å². The van der Waals surface area contributed by atoms with Crippen LogP contribution in [0.3, 0.4) is 0 Å².